The second-order valence-electron chi connectivity index (χ2n) is 12.5. The van der Waals surface area contributed by atoms with E-state index in [-0.39, 0.29) is 36.2 Å². The fraction of sp³-hybridized carbons (Fsp3) is 0.263. The van der Waals surface area contributed by atoms with E-state index in [1.54, 1.807) is 0 Å². The Morgan fingerprint density at radius 3 is 2.00 bits per heavy atom. The van der Waals surface area contributed by atoms with Crippen LogP contribution in [0.2, 0.25) is 0 Å². The summed E-state index contributed by atoms with van der Waals surface area (Å²) in [6, 6.07) is 14.9. The van der Waals surface area contributed by atoms with E-state index < -0.39 is 0 Å². The molecule has 1 atom stereocenters. The minimum Gasteiger partial charge on any atom is -0.396 e. The molecule has 1 heterocycles. The normalized spacial score (nSPS) is 18.7. The molecule has 2 bridgehead atoms. The Labute approximate surface area is 260 Å². The molecule has 3 aromatic rings. The maximum Gasteiger partial charge on any atom is 0.265 e. The Balaban J connectivity index is 1.46. The van der Waals surface area contributed by atoms with Gasteiger partial charge >= 0.3 is 0 Å². The summed E-state index contributed by atoms with van der Waals surface area (Å²) in [4.78, 5) is 30.5. The number of imide groups is 1. The number of fused-ring (bicyclic) bond motifs is 2. The van der Waals surface area contributed by atoms with Gasteiger partial charge < -0.3 is 5.11 Å². The van der Waals surface area contributed by atoms with Gasteiger partial charge in [0, 0.05) is 28.1 Å². The number of halogens is 1. The molecule has 0 spiro atoms. The molecule has 1 aliphatic heterocycles. The molecule has 1 saturated heterocycles. The largest absolute Gasteiger partial charge is 0.396 e. The first-order valence-electron chi connectivity index (χ1n) is 15.2. The molecule has 4 aliphatic rings. The highest BCUT2D eigenvalue weighted by atomic mass is 79.9. The molecular weight excluding hydrogens is 598 g/mol. The van der Waals surface area contributed by atoms with Crippen LogP contribution in [-0.4, -0.2) is 23.5 Å². The first-order chi connectivity index (χ1) is 20.7. The Bertz CT molecular complexity index is 1830. The third-order valence-corrected chi connectivity index (χ3v) is 9.93. The summed E-state index contributed by atoms with van der Waals surface area (Å²) < 4.78 is 1.05. The molecule has 43 heavy (non-hydrogen) atoms. The van der Waals surface area contributed by atoms with Crippen molar-refractivity contribution in [3.63, 3.8) is 0 Å². The molecule has 0 radical (unpaired) electrons. The van der Waals surface area contributed by atoms with Gasteiger partial charge in [-0.3, -0.25) is 9.59 Å². The fourth-order valence-corrected chi connectivity index (χ4v) is 7.62. The van der Waals surface area contributed by atoms with Crippen molar-refractivity contribution in [1.82, 2.24) is 0 Å². The van der Waals surface area contributed by atoms with E-state index in [2.05, 4.69) is 104 Å². The number of aliphatic hydroxyl groups is 1. The first-order valence-corrected chi connectivity index (χ1v) is 15.9. The zero-order valence-electron chi connectivity index (χ0n) is 24.9. The summed E-state index contributed by atoms with van der Waals surface area (Å²) in [7, 11) is 0. The number of amides is 2. The topological polar surface area (TPSA) is 57.6 Å². The van der Waals surface area contributed by atoms with E-state index in [9.17, 15) is 14.7 Å². The molecule has 4 nitrogen and oxygen atoms in total. The summed E-state index contributed by atoms with van der Waals surface area (Å²) in [6.45, 7) is 8.55. The lowest BCUT2D eigenvalue weighted by atomic mass is 9.74. The third kappa shape index (κ3) is 4.20. The average Bonchev–Trinajstić information content (AvgIpc) is 3.31. The van der Waals surface area contributed by atoms with Crippen LogP contribution in [0.5, 0.6) is 0 Å². The monoisotopic (exact) mass is 631 g/mol. The lowest BCUT2D eigenvalue weighted by Crippen LogP contribution is -2.45. The second kappa shape index (κ2) is 10.4. The van der Waals surface area contributed by atoms with E-state index in [4.69, 9.17) is 0 Å². The van der Waals surface area contributed by atoms with Gasteiger partial charge in [0.2, 0.25) is 0 Å². The van der Waals surface area contributed by atoms with Crippen LogP contribution < -0.4 is 4.90 Å². The molecule has 216 valence electrons. The molecule has 0 aromatic heterocycles. The van der Waals surface area contributed by atoms with Gasteiger partial charge in [0.1, 0.15) is 0 Å². The molecule has 1 unspecified atom stereocenters. The number of aryl methyl sites for hydroxylation is 1. The smallest absolute Gasteiger partial charge is 0.265 e. The van der Waals surface area contributed by atoms with E-state index in [1.807, 2.05) is 12.2 Å². The number of anilines is 1. The summed E-state index contributed by atoms with van der Waals surface area (Å²) in [6.07, 6.45) is 11.6. The fourth-order valence-electron chi connectivity index (χ4n) is 7.16. The number of nitrogens with zero attached hydrogens (tertiary/aromatic N) is 1. The van der Waals surface area contributed by atoms with Gasteiger partial charge in [0.25, 0.3) is 11.8 Å². The number of piperidine rings is 1. The van der Waals surface area contributed by atoms with E-state index >= 15 is 0 Å². The molecule has 3 aliphatic carbocycles. The van der Waals surface area contributed by atoms with Gasteiger partial charge in [-0.05, 0) is 98.2 Å². The molecule has 3 aromatic carbocycles. The number of allylic oxidation sites excluding steroid dienone is 7. The lowest BCUT2D eigenvalue weighted by molar-refractivity contribution is -0.123. The van der Waals surface area contributed by atoms with Crippen LogP contribution >= 0.6 is 15.9 Å². The van der Waals surface area contributed by atoms with E-state index in [0.717, 1.165) is 60.8 Å². The summed E-state index contributed by atoms with van der Waals surface area (Å²) in [5, 5.41) is 11.8. The number of carbonyl (C=O) groups is 2. The number of hydrogen-bond donors (Lipinski definition) is 1. The van der Waals surface area contributed by atoms with Crippen LogP contribution in [0.15, 0.2) is 94.0 Å². The first kappa shape index (κ1) is 28.0. The quantitative estimate of drug-likeness (QED) is 0.277. The Morgan fingerprint density at radius 1 is 0.814 bits per heavy atom. The van der Waals surface area contributed by atoms with Gasteiger partial charge in [0.05, 0.1) is 5.69 Å². The maximum atomic E-state index is 14.5. The minimum atomic E-state index is -0.280. The number of hydrogen-bond acceptors (Lipinski definition) is 3. The van der Waals surface area contributed by atoms with Crippen LogP contribution in [0.25, 0.3) is 21.9 Å². The van der Waals surface area contributed by atoms with Gasteiger partial charge in [-0.2, -0.15) is 0 Å². The summed E-state index contributed by atoms with van der Waals surface area (Å²) in [5.41, 5.74) is 10.2. The van der Waals surface area contributed by atoms with Crippen LogP contribution in [-0.2, 0) is 16.0 Å². The van der Waals surface area contributed by atoms with Crippen molar-refractivity contribution in [3.05, 3.63) is 122 Å². The van der Waals surface area contributed by atoms with Gasteiger partial charge in [-0.25, -0.2) is 4.90 Å². The van der Waals surface area contributed by atoms with Crippen LogP contribution in [0, 0.1) is 5.92 Å². The van der Waals surface area contributed by atoms with Crippen LogP contribution in [0.1, 0.15) is 73.8 Å². The zero-order valence-corrected chi connectivity index (χ0v) is 26.5. The predicted molar refractivity (Wildman–Crippen MR) is 178 cm³/mol. The van der Waals surface area contributed by atoms with Crippen molar-refractivity contribution in [3.8, 4) is 0 Å². The molecular formula is C38H34BrNO3. The number of aliphatic hydroxyl groups excluding tert-OH is 1. The van der Waals surface area contributed by atoms with Crippen LogP contribution in [0.4, 0.5) is 5.69 Å². The SMILES string of the molecule is CC(C)c1cc(CCCO)cc(C(C)C)c1N1C(=O)C2=CC=C3c4cccc5c(Br)ccc(c45)C4=CC=C(C1=O)C2=CC34. The van der Waals surface area contributed by atoms with Crippen molar-refractivity contribution in [2.45, 2.75) is 52.4 Å². The predicted octanol–water partition coefficient (Wildman–Crippen LogP) is 8.55. The number of carbonyl (C=O) groups excluding carboxylic acids is 2. The van der Waals surface area contributed by atoms with Crippen LogP contribution in [0.3, 0.4) is 0 Å². The number of rotatable bonds is 6. The minimum absolute atomic E-state index is 0.0628. The lowest BCUT2D eigenvalue weighted by Gasteiger charge is -2.34. The van der Waals surface area contributed by atoms with Gasteiger partial charge in [-0.1, -0.05) is 98.3 Å². The van der Waals surface area contributed by atoms with Gasteiger partial charge in [0.15, 0.2) is 0 Å². The molecule has 2 amide bonds. The Kier molecular flexibility index (Phi) is 6.79. The third-order valence-electron chi connectivity index (χ3n) is 9.24. The molecule has 1 N–H and O–H groups in total. The summed E-state index contributed by atoms with van der Waals surface area (Å²) in [5.74, 6) is -0.438. The van der Waals surface area contributed by atoms with Gasteiger partial charge in [-0.15, -0.1) is 0 Å². The van der Waals surface area contributed by atoms with Crippen molar-refractivity contribution in [1.29, 1.82) is 0 Å². The summed E-state index contributed by atoms with van der Waals surface area (Å²) >= 11 is 3.74. The molecule has 5 heteroatoms. The van der Waals surface area contributed by atoms with Crippen molar-refractivity contribution >= 4 is 55.4 Å². The molecule has 7 rings (SSSR count). The van der Waals surface area contributed by atoms with E-state index in [1.165, 1.54) is 10.3 Å². The van der Waals surface area contributed by atoms with Crippen molar-refractivity contribution < 1.29 is 14.7 Å². The number of benzene rings is 3. The Hall–Kier alpha value is -3.80. The van der Waals surface area contributed by atoms with Crippen molar-refractivity contribution in [2.24, 2.45) is 5.92 Å². The highest BCUT2D eigenvalue weighted by molar-refractivity contribution is 9.10. The highest BCUT2D eigenvalue weighted by Gasteiger charge is 2.43. The van der Waals surface area contributed by atoms with E-state index in [0.29, 0.717) is 23.3 Å². The highest BCUT2D eigenvalue weighted by Crippen LogP contribution is 2.52. The van der Waals surface area contributed by atoms with Crippen molar-refractivity contribution in [2.75, 3.05) is 11.5 Å². The molecule has 0 saturated carbocycles. The standard InChI is InChI=1S/C38H34BrNO3/c1-20(2)30-17-22(7-6-16-41)18-31(21(3)4)36(30)40-37(42)27-12-10-23-25-8-5-9-29-34(39)15-14-26(35(25)29)24-11-13-28(38(40)43)33(27)19-32(23)24/h5,8-15,17-21,32,41H,6-7,16H2,1-4H3. The second-order valence-corrected chi connectivity index (χ2v) is 13.3. The maximum absolute atomic E-state index is 14.5. The molecule has 1 fully saturated rings. The average molecular weight is 633 g/mol. The Morgan fingerprint density at radius 2 is 1.42 bits per heavy atom. The zero-order chi connectivity index (χ0) is 30.2.